The molecule has 4 heteroatoms. The molecule has 0 spiro atoms. The number of sulfone groups is 1. The molecule has 0 heterocycles. The van der Waals surface area contributed by atoms with Crippen LogP contribution in [0.3, 0.4) is 0 Å². The van der Waals surface area contributed by atoms with Gasteiger partial charge in [0.25, 0.3) is 0 Å². The largest absolute Gasteiger partial charge is 0.326 e. The van der Waals surface area contributed by atoms with Gasteiger partial charge in [0.2, 0.25) is 0 Å². The third-order valence-electron chi connectivity index (χ3n) is 3.59. The Morgan fingerprint density at radius 3 is 2.12 bits per heavy atom. The lowest BCUT2D eigenvalue weighted by Gasteiger charge is -2.40. The van der Waals surface area contributed by atoms with Crippen LogP contribution in [0.4, 0.5) is 0 Å². The first-order valence-corrected chi connectivity index (χ1v) is 7.38. The summed E-state index contributed by atoms with van der Waals surface area (Å²) < 4.78 is 23.1. The Morgan fingerprint density at radius 1 is 1.25 bits per heavy atom. The summed E-state index contributed by atoms with van der Waals surface area (Å²) >= 11 is 0. The maximum atomic E-state index is 11.9. The minimum Gasteiger partial charge on any atom is -0.326 e. The molecule has 0 bridgehead atoms. The molecular weight excluding hydrogens is 222 g/mol. The van der Waals surface area contributed by atoms with E-state index < -0.39 is 14.6 Å². The summed E-state index contributed by atoms with van der Waals surface area (Å²) in [5.41, 5.74) is 7.47. The summed E-state index contributed by atoms with van der Waals surface area (Å²) in [6.45, 7) is 0.492. The van der Waals surface area contributed by atoms with E-state index in [0.717, 1.165) is 30.4 Å². The molecule has 0 aromatic heterocycles. The molecule has 1 saturated carbocycles. The van der Waals surface area contributed by atoms with Crippen molar-refractivity contribution in [2.24, 2.45) is 5.73 Å². The van der Waals surface area contributed by atoms with Gasteiger partial charge in [-0.15, -0.1) is 0 Å². The van der Waals surface area contributed by atoms with E-state index in [1.165, 1.54) is 6.26 Å². The van der Waals surface area contributed by atoms with E-state index in [0.29, 0.717) is 6.54 Å². The minimum absolute atomic E-state index is 0.492. The molecule has 2 N–H and O–H groups in total. The fraction of sp³-hybridized carbons (Fsp3) is 0.500. The summed E-state index contributed by atoms with van der Waals surface area (Å²) in [5, 5.41) is 0. The fourth-order valence-corrected chi connectivity index (χ4v) is 3.91. The van der Waals surface area contributed by atoms with Crippen LogP contribution in [0, 0.1) is 0 Å². The highest BCUT2D eigenvalue weighted by atomic mass is 32.2. The van der Waals surface area contributed by atoms with Gasteiger partial charge in [0.05, 0.1) is 4.75 Å². The first-order chi connectivity index (χ1) is 7.49. The lowest BCUT2D eigenvalue weighted by Crippen LogP contribution is -2.41. The van der Waals surface area contributed by atoms with E-state index in [1.54, 1.807) is 0 Å². The molecule has 0 amide bonds. The maximum absolute atomic E-state index is 11.9. The van der Waals surface area contributed by atoms with Crippen LogP contribution in [0.1, 0.15) is 30.4 Å². The van der Waals surface area contributed by atoms with E-state index in [4.69, 9.17) is 5.73 Å². The molecule has 1 aliphatic carbocycles. The van der Waals surface area contributed by atoms with Gasteiger partial charge >= 0.3 is 0 Å². The smallest absolute Gasteiger partial charge is 0.157 e. The van der Waals surface area contributed by atoms with Gasteiger partial charge in [0.15, 0.2) is 9.84 Å². The summed E-state index contributed by atoms with van der Waals surface area (Å²) in [4.78, 5) is 0. The zero-order chi connectivity index (χ0) is 11.8. The van der Waals surface area contributed by atoms with Crippen LogP contribution >= 0.6 is 0 Å². The average Bonchev–Trinajstić information content (AvgIpc) is 2.15. The first-order valence-electron chi connectivity index (χ1n) is 5.49. The molecular formula is C12H17NO2S. The third kappa shape index (κ3) is 1.66. The Labute approximate surface area is 96.6 Å². The van der Waals surface area contributed by atoms with Gasteiger partial charge in [-0.25, -0.2) is 8.42 Å². The second kappa shape index (κ2) is 3.86. The molecule has 1 aliphatic rings. The summed E-state index contributed by atoms with van der Waals surface area (Å²) in [7, 11) is -3.03. The quantitative estimate of drug-likeness (QED) is 0.871. The van der Waals surface area contributed by atoms with Crippen LogP contribution in [0.5, 0.6) is 0 Å². The second-order valence-electron chi connectivity index (χ2n) is 4.52. The van der Waals surface area contributed by atoms with Crippen molar-refractivity contribution >= 4 is 9.84 Å². The van der Waals surface area contributed by atoms with Crippen molar-refractivity contribution in [1.82, 2.24) is 0 Å². The van der Waals surface area contributed by atoms with E-state index in [-0.39, 0.29) is 0 Å². The van der Waals surface area contributed by atoms with Crippen LogP contribution in [0.2, 0.25) is 0 Å². The fourth-order valence-electron chi connectivity index (χ4n) is 2.32. The van der Waals surface area contributed by atoms with Gasteiger partial charge in [0.1, 0.15) is 0 Å². The Balaban J connectivity index is 2.42. The average molecular weight is 239 g/mol. The number of hydrogen-bond acceptors (Lipinski definition) is 3. The van der Waals surface area contributed by atoms with Crippen molar-refractivity contribution < 1.29 is 8.42 Å². The van der Waals surface area contributed by atoms with Crippen LogP contribution in [-0.4, -0.2) is 14.7 Å². The molecule has 3 nitrogen and oxygen atoms in total. The molecule has 0 aliphatic heterocycles. The summed E-state index contributed by atoms with van der Waals surface area (Å²) in [6.07, 6.45) is 3.82. The zero-order valence-electron chi connectivity index (χ0n) is 9.44. The van der Waals surface area contributed by atoms with Gasteiger partial charge in [-0.05, 0) is 30.4 Å². The number of hydrogen-bond donors (Lipinski definition) is 1. The predicted molar refractivity (Wildman–Crippen MR) is 64.7 cm³/mol. The van der Waals surface area contributed by atoms with Crippen LogP contribution in [-0.2, 0) is 21.1 Å². The molecule has 2 rings (SSSR count). The van der Waals surface area contributed by atoms with E-state index >= 15 is 0 Å². The van der Waals surface area contributed by atoms with Crippen LogP contribution in [0.15, 0.2) is 24.3 Å². The molecule has 88 valence electrons. The van der Waals surface area contributed by atoms with Gasteiger partial charge in [0, 0.05) is 12.8 Å². The topological polar surface area (TPSA) is 60.2 Å². The second-order valence-corrected chi connectivity index (χ2v) is 6.85. The van der Waals surface area contributed by atoms with Gasteiger partial charge in [-0.2, -0.15) is 0 Å². The normalized spacial score (nSPS) is 19.1. The summed E-state index contributed by atoms with van der Waals surface area (Å²) in [5.74, 6) is 0. The first kappa shape index (κ1) is 11.6. The monoisotopic (exact) mass is 239 g/mol. The minimum atomic E-state index is -3.03. The van der Waals surface area contributed by atoms with Gasteiger partial charge in [-0.1, -0.05) is 24.3 Å². The Bertz CT molecular complexity index is 472. The lowest BCUT2D eigenvalue weighted by molar-refractivity contribution is 0.346. The van der Waals surface area contributed by atoms with Crippen molar-refractivity contribution in [2.45, 2.75) is 30.6 Å². The van der Waals surface area contributed by atoms with Crippen molar-refractivity contribution in [1.29, 1.82) is 0 Å². The van der Waals surface area contributed by atoms with Crippen LogP contribution < -0.4 is 5.73 Å². The van der Waals surface area contributed by atoms with Gasteiger partial charge < -0.3 is 5.73 Å². The molecule has 16 heavy (non-hydrogen) atoms. The molecule has 0 atom stereocenters. The van der Waals surface area contributed by atoms with Crippen molar-refractivity contribution in [3.05, 3.63) is 35.4 Å². The predicted octanol–water partition coefficient (Wildman–Crippen LogP) is 1.57. The molecule has 1 aromatic rings. The Morgan fingerprint density at radius 2 is 1.81 bits per heavy atom. The van der Waals surface area contributed by atoms with E-state index in [9.17, 15) is 8.42 Å². The molecule has 1 fully saturated rings. The zero-order valence-corrected chi connectivity index (χ0v) is 10.3. The van der Waals surface area contributed by atoms with Crippen molar-refractivity contribution in [3.63, 3.8) is 0 Å². The highest BCUT2D eigenvalue weighted by molar-refractivity contribution is 7.91. The van der Waals surface area contributed by atoms with Crippen LogP contribution in [0.25, 0.3) is 0 Å². The highest BCUT2D eigenvalue weighted by Crippen LogP contribution is 2.47. The Kier molecular flexibility index (Phi) is 2.80. The lowest BCUT2D eigenvalue weighted by atomic mass is 9.78. The van der Waals surface area contributed by atoms with Gasteiger partial charge in [-0.3, -0.25) is 0 Å². The van der Waals surface area contributed by atoms with E-state index in [2.05, 4.69) is 0 Å². The SMILES string of the molecule is CS(=O)(=O)C1(c2ccc(CN)cc2)CCC1. The third-order valence-corrected chi connectivity index (χ3v) is 5.65. The summed E-state index contributed by atoms with van der Waals surface area (Å²) in [6, 6.07) is 7.64. The number of benzene rings is 1. The molecule has 0 saturated heterocycles. The standard InChI is InChI=1S/C12H17NO2S/c1-16(14,15)12(7-2-8-12)11-5-3-10(9-13)4-6-11/h3-6H,2,7-9,13H2,1H3. The molecule has 1 aromatic carbocycles. The Hall–Kier alpha value is -0.870. The molecule has 0 unspecified atom stereocenters. The molecule has 0 radical (unpaired) electrons. The van der Waals surface area contributed by atoms with Crippen molar-refractivity contribution in [2.75, 3.05) is 6.26 Å². The van der Waals surface area contributed by atoms with E-state index in [1.807, 2.05) is 24.3 Å². The number of nitrogens with two attached hydrogens (primary N) is 1. The van der Waals surface area contributed by atoms with Crippen molar-refractivity contribution in [3.8, 4) is 0 Å². The maximum Gasteiger partial charge on any atom is 0.157 e. The highest BCUT2D eigenvalue weighted by Gasteiger charge is 2.47. The number of rotatable bonds is 3.